The maximum atomic E-state index is 13.6. The number of carbonyl (C=O) groups excluding carboxylic acids is 1. The Hall–Kier alpha value is -2.56. The summed E-state index contributed by atoms with van der Waals surface area (Å²) in [5, 5.41) is 2.60. The van der Waals surface area contributed by atoms with Gasteiger partial charge in [0.15, 0.2) is 0 Å². The molecule has 21 heavy (non-hydrogen) atoms. The highest BCUT2D eigenvalue weighted by Gasteiger charge is 2.25. The molecule has 0 aliphatic carbocycles. The molecule has 5 heteroatoms. The van der Waals surface area contributed by atoms with Crippen LogP contribution in [-0.2, 0) is 6.42 Å². The lowest BCUT2D eigenvalue weighted by Crippen LogP contribution is -2.33. The third-order valence-corrected chi connectivity index (χ3v) is 3.72. The number of halogens is 1. The van der Waals surface area contributed by atoms with Crippen molar-refractivity contribution >= 4 is 23.1 Å². The monoisotopic (exact) mass is 285 g/mol. The number of amides is 2. The Bertz CT molecular complexity index is 715. The molecule has 0 radical (unpaired) electrons. The zero-order valence-electron chi connectivity index (χ0n) is 11.7. The second-order valence-corrected chi connectivity index (χ2v) is 5.15. The second kappa shape index (κ2) is 5.09. The molecule has 0 bridgehead atoms. The minimum Gasteiger partial charge on any atom is -0.398 e. The molecule has 0 saturated carbocycles. The van der Waals surface area contributed by atoms with Crippen LogP contribution in [0.5, 0.6) is 0 Å². The van der Waals surface area contributed by atoms with Crippen molar-refractivity contribution in [1.29, 1.82) is 0 Å². The molecule has 0 spiro atoms. The van der Waals surface area contributed by atoms with E-state index in [4.69, 9.17) is 5.73 Å². The standard InChI is InChI=1S/C16H16FN3O/c1-10-8-11-6-7-20(15(11)9-13(10)18)16(21)19-14-5-3-2-4-12(14)17/h2-5,8-9H,6-7,18H2,1H3,(H,19,21). The first kappa shape index (κ1) is 13.4. The van der Waals surface area contributed by atoms with Crippen LogP contribution in [0.15, 0.2) is 36.4 Å². The summed E-state index contributed by atoms with van der Waals surface area (Å²) in [6.07, 6.45) is 0.779. The molecule has 1 aliphatic heterocycles. The number of rotatable bonds is 1. The van der Waals surface area contributed by atoms with Gasteiger partial charge in [0.2, 0.25) is 0 Å². The number of para-hydroxylation sites is 1. The van der Waals surface area contributed by atoms with E-state index in [1.165, 1.54) is 12.1 Å². The molecule has 1 aliphatic rings. The zero-order valence-corrected chi connectivity index (χ0v) is 11.7. The Labute approximate surface area is 122 Å². The molecule has 2 amide bonds. The van der Waals surface area contributed by atoms with Crippen molar-refractivity contribution in [2.75, 3.05) is 22.5 Å². The molecule has 1 heterocycles. The number of carbonyl (C=O) groups is 1. The molecular weight excluding hydrogens is 269 g/mol. The van der Waals surface area contributed by atoms with E-state index in [0.29, 0.717) is 12.2 Å². The average molecular weight is 285 g/mol. The molecular formula is C16H16FN3O. The van der Waals surface area contributed by atoms with Crippen LogP contribution < -0.4 is 16.0 Å². The maximum absolute atomic E-state index is 13.6. The summed E-state index contributed by atoms with van der Waals surface area (Å²) in [5.74, 6) is -0.450. The number of nitrogens with two attached hydrogens (primary N) is 1. The van der Waals surface area contributed by atoms with Crippen LogP contribution in [0.2, 0.25) is 0 Å². The van der Waals surface area contributed by atoms with E-state index >= 15 is 0 Å². The SMILES string of the molecule is Cc1cc2c(cc1N)N(C(=O)Nc1ccccc1F)CC2. The molecule has 0 fully saturated rings. The highest BCUT2D eigenvalue weighted by atomic mass is 19.1. The molecule has 0 atom stereocenters. The molecule has 108 valence electrons. The number of benzene rings is 2. The Morgan fingerprint density at radius 2 is 2.10 bits per heavy atom. The number of anilines is 3. The van der Waals surface area contributed by atoms with E-state index < -0.39 is 5.82 Å². The van der Waals surface area contributed by atoms with Gasteiger partial charge in [-0.05, 0) is 42.7 Å². The van der Waals surface area contributed by atoms with E-state index in [-0.39, 0.29) is 11.7 Å². The van der Waals surface area contributed by atoms with Gasteiger partial charge in [0.1, 0.15) is 5.82 Å². The van der Waals surface area contributed by atoms with Gasteiger partial charge in [0, 0.05) is 12.2 Å². The van der Waals surface area contributed by atoms with E-state index in [2.05, 4.69) is 5.32 Å². The Morgan fingerprint density at radius 1 is 1.33 bits per heavy atom. The lowest BCUT2D eigenvalue weighted by molar-refractivity contribution is 0.257. The molecule has 4 nitrogen and oxygen atoms in total. The topological polar surface area (TPSA) is 58.4 Å². The fraction of sp³-hybridized carbons (Fsp3) is 0.188. The fourth-order valence-corrected chi connectivity index (χ4v) is 2.53. The Kier molecular flexibility index (Phi) is 3.25. The van der Waals surface area contributed by atoms with Crippen molar-refractivity contribution in [2.45, 2.75) is 13.3 Å². The van der Waals surface area contributed by atoms with E-state index in [9.17, 15) is 9.18 Å². The maximum Gasteiger partial charge on any atom is 0.326 e. The smallest absolute Gasteiger partial charge is 0.326 e. The first-order valence-electron chi connectivity index (χ1n) is 6.78. The van der Waals surface area contributed by atoms with E-state index in [1.807, 2.05) is 13.0 Å². The van der Waals surface area contributed by atoms with Crippen molar-refractivity contribution in [2.24, 2.45) is 0 Å². The van der Waals surface area contributed by atoms with Gasteiger partial charge in [-0.2, -0.15) is 0 Å². The van der Waals surface area contributed by atoms with Gasteiger partial charge in [-0.1, -0.05) is 18.2 Å². The molecule has 2 aromatic rings. The van der Waals surface area contributed by atoms with Crippen molar-refractivity contribution in [3.63, 3.8) is 0 Å². The number of nitrogen functional groups attached to an aromatic ring is 1. The minimum absolute atomic E-state index is 0.177. The summed E-state index contributed by atoms with van der Waals surface area (Å²) in [5.41, 5.74) is 9.63. The van der Waals surface area contributed by atoms with E-state index in [0.717, 1.165) is 23.2 Å². The largest absolute Gasteiger partial charge is 0.398 e. The minimum atomic E-state index is -0.450. The predicted molar refractivity (Wildman–Crippen MR) is 82.1 cm³/mol. The molecule has 3 N–H and O–H groups in total. The highest BCUT2D eigenvalue weighted by molar-refractivity contribution is 6.03. The van der Waals surface area contributed by atoms with Gasteiger partial charge in [0.25, 0.3) is 0 Å². The lowest BCUT2D eigenvalue weighted by Gasteiger charge is -2.19. The lowest BCUT2D eigenvalue weighted by atomic mass is 10.1. The number of hydrogen-bond donors (Lipinski definition) is 2. The first-order valence-corrected chi connectivity index (χ1v) is 6.78. The van der Waals surface area contributed by atoms with Gasteiger partial charge < -0.3 is 11.1 Å². The van der Waals surface area contributed by atoms with Crippen LogP contribution in [-0.4, -0.2) is 12.6 Å². The average Bonchev–Trinajstić information content (AvgIpc) is 2.85. The third kappa shape index (κ3) is 2.42. The summed E-state index contributed by atoms with van der Waals surface area (Å²) < 4.78 is 13.6. The third-order valence-electron chi connectivity index (χ3n) is 3.72. The number of hydrogen-bond acceptors (Lipinski definition) is 2. The second-order valence-electron chi connectivity index (χ2n) is 5.15. The number of fused-ring (bicyclic) bond motifs is 1. The fourth-order valence-electron chi connectivity index (χ4n) is 2.53. The Morgan fingerprint density at radius 3 is 2.86 bits per heavy atom. The quantitative estimate of drug-likeness (QED) is 0.790. The van der Waals surface area contributed by atoms with Crippen molar-refractivity contribution in [1.82, 2.24) is 0 Å². The number of nitrogens with zero attached hydrogens (tertiary/aromatic N) is 1. The van der Waals surface area contributed by atoms with Crippen molar-refractivity contribution in [3.8, 4) is 0 Å². The molecule has 2 aromatic carbocycles. The summed E-state index contributed by atoms with van der Waals surface area (Å²) in [6, 6.07) is 9.57. The van der Waals surface area contributed by atoms with Crippen LogP contribution in [0.1, 0.15) is 11.1 Å². The van der Waals surface area contributed by atoms with Gasteiger partial charge in [-0.15, -0.1) is 0 Å². The zero-order chi connectivity index (χ0) is 15.0. The van der Waals surface area contributed by atoms with Crippen molar-refractivity contribution < 1.29 is 9.18 Å². The number of urea groups is 1. The van der Waals surface area contributed by atoms with Crippen molar-refractivity contribution in [3.05, 3.63) is 53.3 Å². The predicted octanol–water partition coefficient (Wildman–Crippen LogP) is 3.31. The van der Waals surface area contributed by atoms with Crippen LogP contribution in [0.4, 0.5) is 26.2 Å². The summed E-state index contributed by atoms with van der Waals surface area (Å²) in [6.45, 7) is 2.51. The molecule has 3 rings (SSSR count). The normalized spacial score (nSPS) is 13.1. The summed E-state index contributed by atoms with van der Waals surface area (Å²) in [7, 11) is 0. The van der Waals surface area contributed by atoms with Crippen LogP contribution in [0.25, 0.3) is 0 Å². The van der Waals surface area contributed by atoms with Gasteiger partial charge in [-0.3, -0.25) is 4.90 Å². The van der Waals surface area contributed by atoms with E-state index in [1.54, 1.807) is 23.1 Å². The number of nitrogens with one attached hydrogen (secondary N) is 1. The van der Waals surface area contributed by atoms with Gasteiger partial charge in [-0.25, -0.2) is 9.18 Å². The molecule has 0 unspecified atom stereocenters. The molecule has 0 aromatic heterocycles. The van der Waals surface area contributed by atoms with Gasteiger partial charge >= 0.3 is 6.03 Å². The molecule has 0 saturated heterocycles. The van der Waals surface area contributed by atoms with Crippen LogP contribution in [0, 0.1) is 12.7 Å². The van der Waals surface area contributed by atoms with Crippen LogP contribution in [0.3, 0.4) is 0 Å². The number of aryl methyl sites for hydroxylation is 1. The summed E-state index contributed by atoms with van der Waals surface area (Å²) in [4.78, 5) is 13.9. The van der Waals surface area contributed by atoms with Gasteiger partial charge in [0.05, 0.1) is 11.4 Å². The Balaban J connectivity index is 1.86. The van der Waals surface area contributed by atoms with Crippen LogP contribution >= 0.6 is 0 Å². The first-order chi connectivity index (χ1) is 10.1. The summed E-state index contributed by atoms with van der Waals surface area (Å²) >= 11 is 0. The highest BCUT2D eigenvalue weighted by Crippen LogP contribution is 2.32.